The maximum atomic E-state index is 5.97. The van der Waals surface area contributed by atoms with Crippen LogP contribution in [0.25, 0.3) is 21.9 Å². The minimum atomic E-state index is 0. The number of pyridine rings is 1. The van der Waals surface area contributed by atoms with E-state index in [1.165, 1.54) is 0 Å². The Morgan fingerprint density at radius 2 is 2.00 bits per heavy atom. The first kappa shape index (κ1) is 23.9. The molecule has 1 atom stereocenters. The lowest BCUT2D eigenvalue weighted by molar-refractivity contribution is 0.258. The molecule has 2 aliphatic heterocycles. The largest absolute Gasteiger partial charge is 0.355 e. The number of H-pyrrole nitrogens is 1. The van der Waals surface area contributed by atoms with Gasteiger partial charge in [0.25, 0.3) is 0 Å². The van der Waals surface area contributed by atoms with Crippen molar-refractivity contribution in [3.63, 3.8) is 0 Å². The molecule has 0 bridgehead atoms. The summed E-state index contributed by atoms with van der Waals surface area (Å²) in [4.78, 5) is 23.6. The summed E-state index contributed by atoms with van der Waals surface area (Å²) < 4.78 is 0. The topological polar surface area (TPSA) is 113 Å². The van der Waals surface area contributed by atoms with Crippen molar-refractivity contribution in [2.75, 3.05) is 36.0 Å². The van der Waals surface area contributed by atoms with Gasteiger partial charge >= 0.3 is 0 Å². The predicted molar refractivity (Wildman–Crippen MR) is 143 cm³/mol. The van der Waals surface area contributed by atoms with Gasteiger partial charge in [-0.3, -0.25) is 5.10 Å². The second-order valence-corrected chi connectivity index (χ2v) is 10.6. The number of hydrogen-bond donors (Lipinski definition) is 2. The van der Waals surface area contributed by atoms with Crippen molar-refractivity contribution in [2.45, 2.75) is 39.0 Å². The van der Waals surface area contributed by atoms with E-state index in [-0.39, 0.29) is 17.8 Å². The van der Waals surface area contributed by atoms with E-state index in [2.05, 4.69) is 44.9 Å². The number of fused-ring (bicyclic) bond motifs is 2. The summed E-state index contributed by atoms with van der Waals surface area (Å²) in [6.45, 7) is 7.98. The summed E-state index contributed by atoms with van der Waals surface area (Å²) in [6, 6.07) is 4.19. The molecule has 11 heteroatoms. The minimum absolute atomic E-state index is 0. The third-order valence-corrected chi connectivity index (χ3v) is 8.18. The number of hydrogen-bond acceptors (Lipinski definition) is 9. The maximum Gasteiger partial charge on any atom is 0.183 e. The summed E-state index contributed by atoms with van der Waals surface area (Å²) in [5.41, 5.74) is 10.8. The monoisotopic (exact) mass is 511 g/mol. The Labute approximate surface area is 214 Å². The number of rotatable bonds is 4. The number of nitrogens with two attached hydrogens (primary N) is 1. The number of piperidine rings is 1. The fourth-order valence-corrected chi connectivity index (χ4v) is 5.53. The van der Waals surface area contributed by atoms with Crippen LogP contribution in [0.15, 0.2) is 29.9 Å². The second kappa shape index (κ2) is 9.33. The van der Waals surface area contributed by atoms with E-state index in [0.29, 0.717) is 11.6 Å². The summed E-state index contributed by atoms with van der Waals surface area (Å²) in [7, 11) is 0. The van der Waals surface area contributed by atoms with Crippen molar-refractivity contribution in [3.8, 4) is 10.7 Å². The number of aromatic nitrogens is 6. The Bertz CT molecular complexity index is 1310. The molecule has 1 saturated heterocycles. The van der Waals surface area contributed by atoms with Gasteiger partial charge in [0, 0.05) is 37.1 Å². The first-order valence-electron chi connectivity index (χ1n) is 11.9. The van der Waals surface area contributed by atoms with Crippen molar-refractivity contribution in [2.24, 2.45) is 11.1 Å². The minimum Gasteiger partial charge on any atom is -0.355 e. The maximum absolute atomic E-state index is 5.97. The summed E-state index contributed by atoms with van der Waals surface area (Å²) in [6.07, 6.45) is 6.82. The van der Waals surface area contributed by atoms with Crippen molar-refractivity contribution >= 4 is 52.2 Å². The highest BCUT2D eigenvalue weighted by Crippen LogP contribution is 2.40. The standard InChI is InChI=1S/C24H29N9S.ClH/c1-15-5-9-33(17-4-3-16(28-19(15)17)23-26-8-12-34-23)22-20-21(30-31-22)29-18(13-27-20)32-10-6-24(2,14-25)7-11-32;/h3-4,8,12-13,15H,5-7,9-11,14,25H2,1-2H3,(H,29,30,31);1H/t15-;/m0./s1. The highest BCUT2D eigenvalue weighted by Gasteiger charge is 2.31. The van der Waals surface area contributed by atoms with Gasteiger partial charge in [0.05, 0.1) is 23.3 Å². The molecule has 0 saturated carbocycles. The van der Waals surface area contributed by atoms with E-state index in [9.17, 15) is 0 Å². The lowest BCUT2D eigenvalue weighted by Crippen LogP contribution is -2.42. The average molecular weight is 512 g/mol. The first-order chi connectivity index (χ1) is 16.5. The molecule has 184 valence electrons. The van der Waals surface area contributed by atoms with Crippen LogP contribution in [0.4, 0.5) is 17.3 Å². The van der Waals surface area contributed by atoms with E-state index < -0.39 is 0 Å². The molecular weight excluding hydrogens is 482 g/mol. The number of aromatic amines is 1. The summed E-state index contributed by atoms with van der Waals surface area (Å²) in [5.74, 6) is 2.07. The Hall–Kier alpha value is -2.82. The molecule has 6 heterocycles. The van der Waals surface area contributed by atoms with Crippen LogP contribution in [0, 0.1) is 5.41 Å². The Balaban J connectivity index is 0.00000253. The number of anilines is 3. The van der Waals surface area contributed by atoms with Crippen LogP contribution in [0.2, 0.25) is 0 Å². The van der Waals surface area contributed by atoms with Gasteiger partial charge in [-0.1, -0.05) is 13.8 Å². The van der Waals surface area contributed by atoms with Gasteiger partial charge in [-0.15, -0.1) is 23.7 Å². The van der Waals surface area contributed by atoms with Gasteiger partial charge in [-0.05, 0) is 43.4 Å². The van der Waals surface area contributed by atoms with Crippen LogP contribution in [-0.2, 0) is 0 Å². The molecule has 1 fully saturated rings. The quantitative estimate of drug-likeness (QED) is 0.411. The lowest BCUT2D eigenvalue weighted by atomic mass is 9.80. The summed E-state index contributed by atoms with van der Waals surface area (Å²) >= 11 is 1.61. The van der Waals surface area contributed by atoms with Gasteiger partial charge < -0.3 is 15.5 Å². The molecular formula is C24H30ClN9S. The molecule has 35 heavy (non-hydrogen) atoms. The van der Waals surface area contributed by atoms with Crippen LogP contribution in [0.1, 0.15) is 44.7 Å². The highest BCUT2D eigenvalue weighted by atomic mass is 35.5. The lowest BCUT2D eigenvalue weighted by Gasteiger charge is -2.39. The average Bonchev–Trinajstić information content (AvgIpc) is 3.55. The van der Waals surface area contributed by atoms with Crippen molar-refractivity contribution in [3.05, 3.63) is 35.6 Å². The summed E-state index contributed by atoms with van der Waals surface area (Å²) in [5, 5.41) is 10.7. The molecule has 4 aromatic heterocycles. The molecule has 0 spiro atoms. The smallest absolute Gasteiger partial charge is 0.183 e. The molecule has 6 rings (SSSR count). The molecule has 3 N–H and O–H groups in total. The van der Waals surface area contributed by atoms with E-state index >= 15 is 0 Å². The van der Waals surface area contributed by atoms with Crippen molar-refractivity contribution in [1.82, 2.24) is 30.1 Å². The van der Waals surface area contributed by atoms with E-state index in [1.807, 2.05) is 23.8 Å². The third kappa shape index (κ3) is 4.23. The number of thiazole rings is 1. The van der Waals surface area contributed by atoms with Crippen LogP contribution >= 0.6 is 23.7 Å². The van der Waals surface area contributed by atoms with Gasteiger partial charge in [-0.25, -0.2) is 19.9 Å². The zero-order valence-corrected chi connectivity index (χ0v) is 21.6. The number of halogens is 1. The zero-order valence-electron chi connectivity index (χ0n) is 19.9. The fraction of sp³-hybridized carbons (Fsp3) is 0.458. The van der Waals surface area contributed by atoms with Crippen molar-refractivity contribution < 1.29 is 0 Å². The van der Waals surface area contributed by atoms with Crippen molar-refractivity contribution in [1.29, 1.82) is 0 Å². The highest BCUT2D eigenvalue weighted by molar-refractivity contribution is 7.13. The molecule has 9 nitrogen and oxygen atoms in total. The number of nitrogens with one attached hydrogen (secondary N) is 1. The van der Waals surface area contributed by atoms with Crippen LogP contribution in [0.3, 0.4) is 0 Å². The van der Waals surface area contributed by atoms with Crippen LogP contribution in [0.5, 0.6) is 0 Å². The molecule has 0 amide bonds. The van der Waals surface area contributed by atoms with E-state index in [4.69, 9.17) is 20.7 Å². The predicted octanol–water partition coefficient (Wildman–Crippen LogP) is 4.50. The molecule has 4 aromatic rings. The van der Waals surface area contributed by atoms with E-state index in [1.54, 1.807) is 11.3 Å². The number of nitrogens with zero attached hydrogens (tertiary/aromatic N) is 7. The van der Waals surface area contributed by atoms with Gasteiger partial charge in [0.15, 0.2) is 17.0 Å². The molecule has 0 unspecified atom stereocenters. The van der Waals surface area contributed by atoms with Crippen LogP contribution < -0.4 is 15.5 Å². The van der Waals surface area contributed by atoms with Gasteiger partial charge in [0.1, 0.15) is 10.8 Å². The molecule has 0 aliphatic carbocycles. The van der Waals surface area contributed by atoms with Gasteiger partial charge in [-0.2, -0.15) is 5.10 Å². The normalized spacial score (nSPS) is 19.5. The van der Waals surface area contributed by atoms with E-state index in [0.717, 1.165) is 84.7 Å². The Kier molecular flexibility index (Phi) is 6.37. The third-order valence-electron chi connectivity index (χ3n) is 7.38. The molecule has 2 aliphatic rings. The fourth-order valence-electron chi connectivity index (χ4n) is 4.93. The Morgan fingerprint density at radius 1 is 1.17 bits per heavy atom. The molecule has 0 aromatic carbocycles. The zero-order chi connectivity index (χ0) is 23.3. The molecule has 0 radical (unpaired) electrons. The second-order valence-electron chi connectivity index (χ2n) is 9.75. The van der Waals surface area contributed by atoms with Gasteiger partial charge in [0.2, 0.25) is 0 Å². The van der Waals surface area contributed by atoms with Crippen LogP contribution in [-0.4, -0.2) is 56.3 Å². The Morgan fingerprint density at radius 3 is 2.74 bits per heavy atom. The SMILES string of the molecule is C[C@H]1CCN(c2n[nH]c3nc(N4CCC(C)(CN)CC4)cnc23)c2ccc(-c3nccs3)nc21.Cl. The first-order valence-corrected chi connectivity index (χ1v) is 12.8.